The van der Waals surface area contributed by atoms with E-state index in [0.29, 0.717) is 12.3 Å². The van der Waals surface area contributed by atoms with Crippen LogP contribution >= 0.6 is 15.9 Å². The van der Waals surface area contributed by atoms with E-state index in [2.05, 4.69) is 35.1 Å². The molecular weight excluding hydrogens is 306 g/mol. The molecule has 19 heavy (non-hydrogen) atoms. The molecule has 0 aliphatic carbocycles. The van der Waals surface area contributed by atoms with Crippen LogP contribution in [0.1, 0.15) is 20.3 Å². The molecule has 1 amide bonds. The maximum absolute atomic E-state index is 12.1. The molecule has 1 atom stereocenters. The van der Waals surface area contributed by atoms with Crippen LogP contribution in [0.4, 0.5) is 11.4 Å². The Hall–Kier alpha value is -1.07. The van der Waals surface area contributed by atoms with E-state index < -0.39 is 6.04 Å². The molecule has 0 saturated carbocycles. The number of carbonyl (C=O) groups is 1. The summed E-state index contributed by atoms with van der Waals surface area (Å²) in [6.45, 7) is 4.11. The molecule has 3 N–H and O–H groups in total. The molecule has 106 valence electrons. The van der Waals surface area contributed by atoms with Gasteiger partial charge in [0, 0.05) is 18.6 Å². The maximum Gasteiger partial charge on any atom is 0.241 e. The van der Waals surface area contributed by atoms with Gasteiger partial charge in [-0.1, -0.05) is 29.8 Å². The van der Waals surface area contributed by atoms with Crippen LogP contribution in [0.5, 0.6) is 0 Å². The van der Waals surface area contributed by atoms with Crippen LogP contribution < -0.4 is 16.0 Å². The van der Waals surface area contributed by atoms with Crippen molar-refractivity contribution in [3.05, 3.63) is 22.7 Å². The van der Waals surface area contributed by atoms with Gasteiger partial charge in [0.15, 0.2) is 0 Å². The van der Waals surface area contributed by atoms with Crippen molar-refractivity contribution in [3.63, 3.8) is 0 Å². The summed E-state index contributed by atoms with van der Waals surface area (Å²) in [4.78, 5) is 14.0. The number of hydrogen-bond acceptors (Lipinski definition) is 3. The standard InChI is InChI=1S/C14H22BrN3O/c1-9(2)7-11(16)14(19)17-12-8-10(15)5-6-13(12)18(3)4/h5-6,8-9,11H,7,16H2,1-4H3,(H,17,19). The van der Waals surface area contributed by atoms with Crippen molar-refractivity contribution in [2.75, 3.05) is 24.3 Å². The minimum atomic E-state index is -0.478. The molecular formula is C14H22BrN3O. The highest BCUT2D eigenvalue weighted by Crippen LogP contribution is 2.28. The number of nitrogens with one attached hydrogen (secondary N) is 1. The highest BCUT2D eigenvalue weighted by atomic mass is 79.9. The number of nitrogens with two attached hydrogens (primary N) is 1. The number of amides is 1. The Morgan fingerprint density at radius 2 is 2.05 bits per heavy atom. The monoisotopic (exact) mass is 327 g/mol. The first-order valence-corrected chi connectivity index (χ1v) is 7.14. The number of benzene rings is 1. The average Bonchev–Trinajstić information content (AvgIpc) is 2.27. The predicted molar refractivity (Wildman–Crippen MR) is 84.5 cm³/mol. The molecule has 0 aromatic heterocycles. The van der Waals surface area contributed by atoms with Crippen LogP contribution in [0.25, 0.3) is 0 Å². The van der Waals surface area contributed by atoms with Gasteiger partial charge in [0.2, 0.25) is 5.91 Å². The van der Waals surface area contributed by atoms with Crippen molar-refractivity contribution in [2.45, 2.75) is 26.3 Å². The summed E-state index contributed by atoms with van der Waals surface area (Å²) in [5.41, 5.74) is 7.61. The van der Waals surface area contributed by atoms with Gasteiger partial charge in [-0.05, 0) is 30.5 Å². The van der Waals surface area contributed by atoms with E-state index in [1.807, 2.05) is 37.2 Å². The Bertz CT molecular complexity index is 446. The Morgan fingerprint density at radius 1 is 1.42 bits per heavy atom. The maximum atomic E-state index is 12.1. The zero-order valence-electron chi connectivity index (χ0n) is 11.9. The normalized spacial score (nSPS) is 12.4. The summed E-state index contributed by atoms with van der Waals surface area (Å²) in [5, 5.41) is 2.90. The predicted octanol–water partition coefficient (Wildman–Crippen LogP) is 2.83. The lowest BCUT2D eigenvalue weighted by Gasteiger charge is -2.20. The Morgan fingerprint density at radius 3 is 2.58 bits per heavy atom. The minimum Gasteiger partial charge on any atom is -0.376 e. The van der Waals surface area contributed by atoms with Gasteiger partial charge >= 0.3 is 0 Å². The average molecular weight is 328 g/mol. The summed E-state index contributed by atoms with van der Waals surface area (Å²) >= 11 is 3.41. The largest absolute Gasteiger partial charge is 0.376 e. The van der Waals surface area contributed by atoms with Gasteiger partial charge in [0.25, 0.3) is 0 Å². The van der Waals surface area contributed by atoms with Gasteiger partial charge in [-0.15, -0.1) is 0 Å². The third-order valence-electron chi connectivity index (χ3n) is 2.76. The van der Waals surface area contributed by atoms with Crippen molar-refractivity contribution in [1.29, 1.82) is 0 Å². The fraction of sp³-hybridized carbons (Fsp3) is 0.500. The second-order valence-electron chi connectivity index (χ2n) is 5.28. The highest BCUT2D eigenvalue weighted by Gasteiger charge is 2.17. The molecule has 0 saturated heterocycles. The van der Waals surface area contributed by atoms with E-state index in [0.717, 1.165) is 15.8 Å². The highest BCUT2D eigenvalue weighted by molar-refractivity contribution is 9.10. The smallest absolute Gasteiger partial charge is 0.241 e. The summed E-state index contributed by atoms with van der Waals surface area (Å²) in [6.07, 6.45) is 0.678. The summed E-state index contributed by atoms with van der Waals surface area (Å²) in [7, 11) is 3.87. The van der Waals surface area contributed by atoms with E-state index in [1.54, 1.807) is 0 Å². The van der Waals surface area contributed by atoms with E-state index >= 15 is 0 Å². The molecule has 0 radical (unpaired) electrons. The van der Waals surface area contributed by atoms with E-state index in [1.165, 1.54) is 0 Å². The SMILES string of the molecule is CC(C)CC(N)C(=O)Nc1cc(Br)ccc1N(C)C. The zero-order valence-corrected chi connectivity index (χ0v) is 13.5. The van der Waals surface area contributed by atoms with E-state index in [9.17, 15) is 4.79 Å². The first kappa shape index (κ1) is 16.0. The Balaban J connectivity index is 2.86. The quantitative estimate of drug-likeness (QED) is 0.874. The van der Waals surface area contributed by atoms with Crippen LogP contribution in [-0.4, -0.2) is 26.0 Å². The fourth-order valence-corrected chi connectivity index (χ4v) is 2.20. The first-order valence-electron chi connectivity index (χ1n) is 6.34. The molecule has 1 unspecified atom stereocenters. The lowest BCUT2D eigenvalue weighted by Crippen LogP contribution is -2.37. The Kier molecular flexibility index (Phi) is 5.82. The number of nitrogens with zero attached hydrogens (tertiary/aromatic N) is 1. The number of halogens is 1. The molecule has 1 rings (SSSR count). The topological polar surface area (TPSA) is 58.4 Å². The second kappa shape index (κ2) is 6.91. The first-order chi connectivity index (χ1) is 8.81. The van der Waals surface area contributed by atoms with Crippen LogP contribution in [0, 0.1) is 5.92 Å². The summed E-state index contributed by atoms with van der Waals surface area (Å²) < 4.78 is 0.922. The molecule has 0 aliphatic heterocycles. The number of rotatable bonds is 5. The van der Waals surface area contributed by atoms with Crippen molar-refractivity contribution in [3.8, 4) is 0 Å². The van der Waals surface area contributed by atoms with E-state index in [4.69, 9.17) is 5.73 Å². The number of carbonyl (C=O) groups excluding carboxylic acids is 1. The third-order valence-corrected chi connectivity index (χ3v) is 3.25. The molecule has 0 spiro atoms. The van der Waals surface area contributed by atoms with Gasteiger partial charge in [-0.25, -0.2) is 0 Å². The van der Waals surface area contributed by atoms with Gasteiger partial charge in [0.05, 0.1) is 17.4 Å². The third kappa shape index (κ3) is 4.84. The van der Waals surface area contributed by atoms with Crippen LogP contribution in [0.2, 0.25) is 0 Å². The lowest BCUT2D eigenvalue weighted by molar-refractivity contribution is -0.117. The van der Waals surface area contributed by atoms with Gasteiger partial charge in [0.1, 0.15) is 0 Å². The van der Waals surface area contributed by atoms with Crippen LogP contribution in [0.3, 0.4) is 0 Å². The molecule has 0 fully saturated rings. The van der Waals surface area contributed by atoms with Crippen LogP contribution in [-0.2, 0) is 4.79 Å². The fourth-order valence-electron chi connectivity index (χ4n) is 1.84. The number of hydrogen-bond donors (Lipinski definition) is 2. The van der Waals surface area contributed by atoms with Gasteiger partial charge < -0.3 is 16.0 Å². The molecule has 0 heterocycles. The van der Waals surface area contributed by atoms with Crippen molar-refractivity contribution >= 4 is 33.2 Å². The minimum absolute atomic E-state index is 0.144. The molecule has 5 heteroatoms. The summed E-state index contributed by atoms with van der Waals surface area (Å²) in [6, 6.07) is 5.30. The molecule has 0 aliphatic rings. The molecule has 1 aromatic carbocycles. The lowest BCUT2D eigenvalue weighted by atomic mass is 10.0. The van der Waals surface area contributed by atoms with Gasteiger partial charge in [-0.3, -0.25) is 4.79 Å². The van der Waals surface area contributed by atoms with Crippen LogP contribution in [0.15, 0.2) is 22.7 Å². The molecule has 1 aromatic rings. The van der Waals surface area contributed by atoms with E-state index in [-0.39, 0.29) is 5.91 Å². The summed E-state index contributed by atoms with van der Waals surface area (Å²) in [5.74, 6) is 0.256. The Labute approximate surface area is 123 Å². The molecule has 0 bridgehead atoms. The van der Waals surface area contributed by atoms with Crippen molar-refractivity contribution in [1.82, 2.24) is 0 Å². The zero-order chi connectivity index (χ0) is 14.6. The second-order valence-corrected chi connectivity index (χ2v) is 6.20. The molecule has 4 nitrogen and oxygen atoms in total. The number of anilines is 2. The van der Waals surface area contributed by atoms with Gasteiger partial charge in [-0.2, -0.15) is 0 Å². The van der Waals surface area contributed by atoms with Crippen molar-refractivity contribution in [2.24, 2.45) is 11.7 Å². The van der Waals surface area contributed by atoms with Crippen molar-refractivity contribution < 1.29 is 4.79 Å².